The molecule has 0 aromatic heterocycles. The number of esters is 1. The predicted octanol–water partition coefficient (Wildman–Crippen LogP) is 7.38. The van der Waals surface area contributed by atoms with E-state index in [0.717, 1.165) is 16.7 Å². The van der Waals surface area contributed by atoms with Crippen molar-refractivity contribution in [2.45, 2.75) is 13.5 Å². The minimum absolute atomic E-state index is 0.263. The molecule has 0 fully saturated rings. The predicted molar refractivity (Wildman–Crippen MR) is 130 cm³/mol. The first-order valence-corrected chi connectivity index (χ1v) is 10.4. The molecule has 5 aromatic carbocycles. The summed E-state index contributed by atoms with van der Waals surface area (Å²) in [5.41, 5.74) is 3.25. The van der Waals surface area contributed by atoms with E-state index in [1.807, 2.05) is 24.3 Å². The van der Waals surface area contributed by atoms with Crippen molar-refractivity contribution in [1.29, 1.82) is 0 Å². The average molecular weight is 402 g/mol. The van der Waals surface area contributed by atoms with Gasteiger partial charge in [0.25, 0.3) is 0 Å². The number of hydrogen-bond acceptors (Lipinski definition) is 2. The fraction of sp³-hybridized carbons (Fsp3) is 0.0690. The molecule has 0 N–H and O–H groups in total. The van der Waals surface area contributed by atoms with Crippen LogP contribution < -0.4 is 0 Å². The summed E-state index contributed by atoms with van der Waals surface area (Å²) in [6.45, 7) is 1.73. The summed E-state index contributed by atoms with van der Waals surface area (Å²) in [6, 6.07) is 32.1. The van der Waals surface area contributed by atoms with Crippen LogP contribution in [0.1, 0.15) is 23.6 Å². The summed E-state index contributed by atoms with van der Waals surface area (Å²) in [5.74, 6) is -0.263. The molecule has 0 spiro atoms. The number of carbonyl (C=O) groups excluding carboxylic acids is 1. The summed E-state index contributed by atoms with van der Waals surface area (Å²) in [5, 5.41) is 7.63. The second kappa shape index (κ2) is 8.08. The maximum absolute atomic E-state index is 11.0. The molecule has 0 unspecified atom stereocenters. The third-order valence-electron chi connectivity index (χ3n) is 5.64. The zero-order chi connectivity index (χ0) is 21.2. The van der Waals surface area contributed by atoms with E-state index in [4.69, 9.17) is 4.74 Å². The Balaban J connectivity index is 1.51. The van der Waals surface area contributed by atoms with E-state index in [1.165, 1.54) is 39.2 Å². The van der Waals surface area contributed by atoms with Gasteiger partial charge >= 0.3 is 5.97 Å². The highest BCUT2D eigenvalue weighted by Gasteiger charge is 2.05. The van der Waals surface area contributed by atoms with E-state index < -0.39 is 0 Å². The van der Waals surface area contributed by atoms with Crippen molar-refractivity contribution in [2.24, 2.45) is 0 Å². The van der Waals surface area contributed by atoms with Crippen molar-refractivity contribution in [3.05, 3.63) is 108 Å². The molecule has 5 rings (SSSR count). The molecule has 0 radical (unpaired) electrons. The Morgan fingerprint density at radius 2 is 1.32 bits per heavy atom. The van der Waals surface area contributed by atoms with Crippen LogP contribution in [-0.4, -0.2) is 5.97 Å². The molecular weight excluding hydrogens is 380 g/mol. The van der Waals surface area contributed by atoms with Gasteiger partial charge in [-0.2, -0.15) is 0 Å². The van der Waals surface area contributed by atoms with E-state index in [0.29, 0.717) is 6.61 Å². The Labute approximate surface area is 181 Å². The second-order valence-electron chi connectivity index (χ2n) is 7.79. The Bertz CT molecular complexity index is 1440. The van der Waals surface area contributed by atoms with Gasteiger partial charge in [0.2, 0.25) is 0 Å². The zero-order valence-corrected chi connectivity index (χ0v) is 17.3. The molecule has 0 aliphatic carbocycles. The van der Waals surface area contributed by atoms with Crippen LogP contribution >= 0.6 is 0 Å². The lowest BCUT2D eigenvalue weighted by atomic mass is 9.95. The third kappa shape index (κ3) is 3.93. The summed E-state index contributed by atoms with van der Waals surface area (Å²) in [4.78, 5) is 11.0. The highest BCUT2D eigenvalue weighted by molar-refractivity contribution is 6.20. The molecule has 0 heterocycles. The number of rotatable bonds is 4. The summed E-state index contributed by atoms with van der Waals surface area (Å²) in [6.07, 6.45) is 4.25. The second-order valence-corrected chi connectivity index (χ2v) is 7.79. The third-order valence-corrected chi connectivity index (χ3v) is 5.64. The smallest absolute Gasteiger partial charge is 0.302 e. The van der Waals surface area contributed by atoms with Crippen LogP contribution in [0.3, 0.4) is 0 Å². The van der Waals surface area contributed by atoms with Crippen LogP contribution in [0.5, 0.6) is 0 Å². The summed E-state index contributed by atoms with van der Waals surface area (Å²) < 4.78 is 5.05. The number of carbonyl (C=O) groups is 1. The molecule has 0 amide bonds. The quantitative estimate of drug-likeness (QED) is 0.178. The standard InChI is InChI=1S/C29H22O2/c1-20(30)31-19-23-10-7-21(8-11-23)6-9-22-12-13-25-15-17-26-16-14-24-4-2-3-5-27(24)29(26)28(25)18-22/h2-18H,19H2,1H3/b9-6+. The summed E-state index contributed by atoms with van der Waals surface area (Å²) in [7, 11) is 0. The Morgan fingerprint density at radius 1 is 0.710 bits per heavy atom. The molecule has 150 valence electrons. The molecule has 0 saturated heterocycles. The van der Waals surface area contributed by atoms with Crippen LogP contribution in [0.25, 0.3) is 44.5 Å². The summed E-state index contributed by atoms with van der Waals surface area (Å²) >= 11 is 0. The topological polar surface area (TPSA) is 26.3 Å². The van der Waals surface area contributed by atoms with Gasteiger partial charge in [-0.25, -0.2) is 0 Å². The lowest BCUT2D eigenvalue weighted by Crippen LogP contribution is -1.98. The molecule has 2 nitrogen and oxygen atoms in total. The lowest BCUT2D eigenvalue weighted by molar-refractivity contribution is -0.142. The van der Waals surface area contributed by atoms with Gasteiger partial charge < -0.3 is 4.74 Å². The van der Waals surface area contributed by atoms with Crippen molar-refractivity contribution in [3.63, 3.8) is 0 Å². The monoisotopic (exact) mass is 402 g/mol. The first-order valence-electron chi connectivity index (χ1n) is 10.4. The molecule has 0 aliphatic heterocycles. The van der Waals surface area contributed by atoms with Crippen LogP contribution in [0, 0.1) is 0 Å². The van der Waals surface area contributed by atoms with Crippen LogP contribution in [-0.2, 0) is 16.1 Å². The minimum atomic E-state index is -0.263. The maximum Gasteiger partial charge on any atom is 0.302 e. The van der Waals surface area contributed by atoms with Crippen LogP contribution in [0.2, 0.25) is 0 Å². The van der Waals surface area contributed by atoms with Gasteiger partial charge in [-0.3, -0.25) is 4.79 Å². The van der Waals surface area contributed by atoms with Gasteiger partial charge in [-0.05, 0) is 55.1 Å². The van der Waals surface area contributed by atoms with Crippen molar-refractivity contribution in [1.82, 2.24) is 0 Å². The molecule has 2 heteroatoms. The first-order chi connectivity index (χ1) is 15.2. The number of benzene rings is 5. The fourth-order valence-corrected chi connectivity index (χ4v) is 4.05. The Morgan fingerprint density at radius 3 is 2.10 bits per heavy atom. The first kappa shape index (κ1) is 19.1. The molecular formula is C29H22O2. The zero-order valence-electron chi connectivity index (χ0n) is 17.3. The van der Waals surface area contributed by atoms with Gasteiger partial charge in [0, 0.05) is 6.92 Å². The Kier molecular flexibility index (Phi) is 4.97. The largest absolute Gasteiger partial charge is 0.461 e. The van der Waals surface area contributed by atoms with E-state index in [-0.39, 0.29) is 5.97 Å². The van der Waals surface area contributed by atoms with Gasteiger partial charge in [0.1, 0.15) is 6.61 Å². The van der Waals surface area contributed by atoms with Crippen molar-refractivity contribution >= 4 is 50.4 Å². The SMILES string of the molecule is CC(=O)OCc1ccc(/C=C/c2ccc3ccc4ccc5ccccc5c4c3c2)cc1. The number of ether oxygens (including phenoxy) is 1. The fourth-order valence-electron chi connectivity index (χ4n) is 4.05. The molecule has 0 atom stereocenters. The van der Waals surface area contributed by atoms with Gasteiger partial charge in [0.15, 0.2) is 0 Å². The van der Waals surface area contributed by atoms with Crippen molar-refractivity contribution in [2.75, 3.05) is 0 Å². The highest BCUT2D eigenvalue weighted by atomic mass is 16.5. The average Bonchev–Trinajstić information content (AvgIpc) is 2.81. The lowest BCUT2D eigenvalue weighted by Gasteiger charge is -2.09. The normalized spacial score (nSPS) is 11.5. The van der Waals surface area contributed by atoms with E-state index >= 15 is 0 Å². The van der Waals surface area contributed by atoms with Crippen LogP contribution in [0.15, 0.2) is 91.0 Å². The molecule has 0 bridgehead atoms. The molecule has 0 saturated carbocycles. The van der Waals surface area contributed by atoms with Gasteiger partial charge in [0.05, 0.1) is 0 Å². The number of hydrogen-bond donors (Lipinski definition) is 0. The van der Waals surface area contributed by atoms with Gasteiger partial charge in [-0.1, -0.05) is 97.1 Å². The molecule has 31 heavy (non-hydrogen) atoms. The van der Waals surface area contributed by atoms with E-state index in [9.17, 15) is 4.79 Å². The van der Waals surface area contributed by atoms with E-state index in [2.05, 4.69) is 78.9 Å². The van der Waals surface area contributed by atoms with Gasteiger partial charge in [-0.15, -0.1) is 0 Å². The van der Waals surface area contributed by atoms with Crippen LogP contribution in [0.4, 0.5) is 0 Å². The van der Waals surface area contributed by atoms with Crippen molar-refractivity contribution < 1.29 is 9.53 Å². The molecule has 5 aromatic rings. The molecule has 0 aliphatic rings. The van der Waals surface area contributed by atoms with E-state index in [1.54, 1.807) is 0 Å². The number of fused-ring (bicyclic) bond motifs is 5. The van der Waals surface area contributed by atoms with Crippen molar-refractivity contribution in [3.8, 4) is 0 Å². The highest BCUT2D eigenvalue weighted by Crippen LogP contribution is 2.32. The maximum atomic E-state index is 11.0. The Hall–Kier alpha value is -3.91. The minimum Gasteiger partial charge on any atom is -0.461 e.